The summed E-state index contributed by atoms with van der Waals surface area (Å²) in [6.07, 6.45) is -0.0617. The van der Waals surface area contributed by atoms with Crippen LogP contribution in [-0.4, -0.2) is 57.2 Å². The van der Waals surface area contributed by atoms with Crippen LogP contribution >= 0.6 is 0 Å². The number of hydrogen-bond acceptors (Lipinski definition) is 5. The van der Waals surface area contributed by atoms with Crippen molar-refractivity contribution in [3.05, 3.63) is 87.5 Å². The number of benzene rings is 1. The van der Waals surface area contributed by atoms with Crippen LogP contribution in [0, 0.1) is 0 Å². The Morgan fingerprint density at radius 2 is 1.71 bits per heavy atom. The summed E-state index contributed by atoms with van der Waals surface area (Å²) in [4.78, 5) is 29.3. The summed E-state index contributed by atoms with van der Waals surface area (Å²) in [6, 6.07) is 12.8. The van der Waals surface area contributed by atoms with Gasteiger partial charge in [-0.2, -0.15) is 0 Å². The summed E-state index contributed by atoms with van der Waals surface area (Å²) in [5.41, 5.74) is 3.45. The fourth-order valence-corrected chi connectivity index (χ4v) is 5.04. The fraction of sp³-hybridized carbons (Fsp3) is 0.259. The molecule has 11 heteroatoms. The van der Waals surface area contributed by atoms with Gasteiger partial charge in [-0.1, -0.05) is 30.3 Å². The van der Waals surface area contributed by atoms with Crippen molar-refractivity contribution in [3.63, 3.8) is 0 Å². The molecule has 0 amide bonds. The predicted molar refractivity (Wildman–Crippen MR) is 137 cm³/mol. The Morgan fingerprint density at radius 3 is 2.34 bits per heavy atom. The maximum atomic E-state index is 13.4. The molecule has 0 spiro atoms. The summed E-state index contributed by atoms with van der Waals surface area (Å²) < 4.78 is 48.6. The van der Waals surface area contributed by atoms with Gasteiger partial charge in [-0.05, 0) is 17.2 Å². The van der Waals surface area contributed by atoms with Crippen LogP contribution in [0.5, 0.6) is 0 Å². The summed E-state index contributed by atoms with van der Waals surface area (Å²) in [7, 11) is 2.95. The van der Waals surface area contributed by atoms with E-state index in [1.807, 2.05) is 36.5 Å². The molecule has 1 aromatic carbocycles. The molecule has 196 valence electrons. The first kappa shape index (κ1) is 24.3. The van der Waals surface area contributed by atoms with Gasteiger partial charge in [0, 0.05) is 73.1 Å². The van der Waals surface area contributed by atoms with Crippen LogP contribution in [0.3, 0.4) is 0 Å². The number of H-pyrrole nitrogens is 1. The standard InChI is InChI=1S/C27H24F3N5O3/c1-32-12-22(19-9-24(36)34(18-14-38-15-18)13-21(19)16-6-4-3-5-7-16)20-8-23(31-25(20)26(32)37)17-10-33(2)35(11-17)27(28,29)30/h3-9,11-13,18,31H,10,14-15H2,1-2H3. The predicted octanol–water partition coefficient (Wildman–Crippen LogP) is 3.96. The zero-order valence-electron chi connectivity index (χ0n) is 20.6. The SMILES string of the molecule is CN1CC(c2cc3c(-c4cc(=O)n(C5COC5)cc4-c4ccccc4)cn(C)c(=O)c3[nH]2)=CN1C(F)(F)F. The highest BCUT2D eigenvalue weighted by molar-refractivity contribution is 6.00. The quantitative estimate of drug-likeness (QED) is 0.410. The second kappa shape index (κ2) is 8.74. The van der Waals surface area contributed by atoms with E-state index in [0.717, 1.165) is 22.3 Å². The first-order valence-corrected chi connectivity index (χ1v) is 12.0. The fourth-order valence-electron chi connectivity index (χ4n) is 5.04. The Labute approximate surface area is 214 Å². The van der Waals surface area contributed by atoms with Gasteiger partial charge in [0.05, 0.1) is 19.3 Å². The number of hydrogen-bond donors (Lipinski definition) is 1. The van der Waals surface area contributed by atoms with E-state index in [-0.39, 0.29) is 34.2 Å². The zero-order valence-corrected chi connectivity index (χ0v) is 20.6. The second-order valence-electron chi connectivity index (χ2n) is 9.62. The van der Waals surface area contributed by atoms with Gasteiger partial charge in [0.15, 0.2) is 0 Å². The normalized spacial score (nSPS) is 16.8. The number of ether oxygens (including phenoxy) is 1. The molecule has 1 N–H and O–H groups in total. The molecule has 38 heavy (non-hydrogen) atoms. The van der Waals surface area contributed by atoms with Crippen LogP contribution in [0.25, 0.3) is 38.7 Å². The third kappa shape index (κ3) is 3.95. The number of aryl methyl sites for hydroxylation is 1. The summed E-state index contributed by atoms with van der Waals surface area (Å²) in [6.45, 7) is 0.922. The molecule has 1 saturated heterocycles. The van der Waals surface area contributed by atoms with E-state index >= 15 is 0 Å². The van der Waals surface area contributed by atoms with E-state index in [1.165, 1.54) is 11.6 Å². The van der Waals surface area contributed by atoms with Gasteiger partial charge in [0.25, 0.3) is 11.1 Å². The lowest BCUT2D eigenvalue weighted by atomic mass is 9.95. The Balaban J connectivity index is 1.57. The molecule has 0 saturated carbocycles. The molecule has 8 nitrogen and oxygen atoms in total. The van der Waals surface area contributed by atoms with Gasteiger partial charge < -0.3 is 18.9 Å². The highest BCUT2D eigenvalue weighted by Crippen LogP contribution is 2.37. The molecule has 0 bridgehead atoms. The first-order valence-electron chi connectivity index (χ1n) is 12.0. The number of rotatable bonds is 4. The number of alkyl halides is 3. The number of aromatic nitrogens is 3. The molecule has 6 rings (SSSR count). The first-order chi connectivity index (χ1) is 18.1. The highest BCUT2D eigenvalue weighted by atomic mass is 19.4. The van der Waals surface area contributed by atoms with E-state index in [2.05, 4.69) is 4.98 Å². The van der Waals surface area contributed by atoms with Gasteiger partial charge in [-0.3, -0.25) is 9.59 Å². The minimum Gasteiger partial charge on any atom is -0.377 e. The average molecular weight is 524 g/mol. The third-order valence-electron chi connectivity index (χ3n) is 7.09. The Bertz CT molecular complexity index is 1700. The van der Waals surface area contributed by atoms with Crippen molar-refractivity contribution >= 4 is 16.5 Å². The lowest BCUT2D eigenvalue weighted by Gasteiger charge is -2.29. The lowest BCUT2D eigenvalue weighted by molar-refractivity contribution is -0.280. The average Bonchev–Trinajstić information content (AvgIpc) is 3.46. The van der Waals surface area contributed by atoms with Crippen molar-refractivity contribution in [2.75, 3.05) is 26.8 Å². The Hall–Kier alpha value is -4.09. The van der Waals surface area contributed by atoms with Gasteiger partial charge in [-0.15, -0.1) is 13.2 Å². The molecule has 2 aliphatic rings. The van der Waals surface area contributed by atoms with E-state index in [9.17, 15) is 22.8 Å². The van der Waals surface area contributed by atoms with Gasteiger partial charge in [0.1, 0.15) is 5.52 Å². The van der Waals surface area contributed by atoms with Crippen molar-refractivity contribution in [1.82, 2.24) is 24.1 Å². The smallest absolute Gasteiger partial charge is 0.377 e. The van der Waals surface area contributed by atoms with Crippen LogP contribution in [0.1, 0.15) is 11.7 Å². The molecular formula is C27H24F3N5O3. The van der Waals surface area contributed by atoms with Crippen LogP contribution in [-0.2, 0) is 11.8 Å². The van der Waals surface area contributed by atoms with Crippen LogP contribution < -0.4 is 11.1 Å². The second-order valence-corrected chi connectivity index (χ2v) is 9.62. The number of halogens is 3. The molecule has 4 aromatic rings. The van der Waals surface area contributed by atoms with Crippen molar-refractivity contribution in [2.45, 2.75) is 12.3 Å². The van der Waals surface area contributed by atoms with Crippen LogP contribution in [0.4, 0.5) is 13.2 Å². The molecule has 0 radical (unpaired) electrons. The molecule has 0 atom stereocenters. The number of aromatic amines is 1. The van der Waals surface area contributed by atoms with Crippen molar-refractivity contribution < 1.29 is 17.9 Å². The highest BCUT2D eigenvalue weighted by Gasteiger charge is 2.41. The van der Waals surface area contributed by atoms with Crippen molar-refractivity contribution in [1.29, 1.82) is 0 Å². The van der Waals surface area contributed by atoms with Crippen LogP contribution in [0.15, 0.2) is 70.6 Å². The number of hydrazine groups is 1. The summed E-state index contributed by atoms with van der Waals surface area (Å²) in [5, 5.41) is 1.79. The van der Waals surface area contributed by atoms with E-state index in [0.29, 0.717) is 41.0 Å². The Kier molecular flexibility index (Phi) is 5.58. The molecule has 1 fully saturated rings. The third-order valence-corrected chi connectivity index (χ3v) is 7.09. The number of likely N-dealkylation sites (N-methyl/N-ethyl adjacent to an activating group) is 1. The maximum absolute atomic E-state index is 13.4. The zero-order chi connectivity index (χ0) is 26.8. The topological polar surface area (TPSA) is 75.5 Å². The minimum atomic E-state index is -4.57. The van der Waals surface area contributed by atoms with E-state index < -0.39 is 6.30 Å². The van der Waals surface area contributed by atoms with Crippen molar-refractivity contribution in [2.24, 2.45) is 7.05 Å². The molecule has 0 aliphatic carbocycles. The molecule has 0 unspecified atom stereocenters. The molecule has 5 heterocycles. The van der Waals surface area contributed by atoms with Crippen LogP contribution in [0.2, 0.25) is 0 Å². The van der Waals surface area contributed by atoms with E-state index in [4.69, 9.17) is 4.74 Å². The lowest BCUT2D eigenvalue weighted by Crippen LogP contribution is -2.42. The summed E-state index contributed by atoms with van der Waals surface area (Å²) in [5.74, 6) is 0. The molecule has 3 aromatic heterocycles. The van der Waals surface area contributed by atoms with E-state index in [1.54, 1.807) is 29.9 Å². The number of nitrogens with zero attached hydrogens (tertiary/aromatic N) is 4. The number of fused-ring (bicyclic) bond motifs is 1. The molecule has 2 aliphatic heterocycles. The van der Waals surface area contributed by atoms with Gasteiger partial charge in [0.2, 0.25) is 0 Å². The largest absolute Gasteiger partial charge is 0.498 e. The summed E-state index contributed by atoms with van der Waals surface area (Å²) >= 11 is 0. The van der Waals surface area contributed by atoms with Gasteiger partial charge >= 0.3 is 6.30 Å². The van der Waals surface area contributed by atoms with Crippen molar-refractivity contribution in [3.8, 4) is 22.3 Å². The molecular weight excluding hydrogens is 499 g/mol. The number of pyridine rings is 2. The monoisotopic (exact) mass is 523 g/mol. The Morgan fingerprint density at radius 1 is 0.974 bits per heavy atom. The number of nitrogens with one attached hydrogen (secondary N) is 1. The van der Waals surface area contributed by atoms with Gasteiger partial charge in [-0.25, -0.2) is 10.0 Å². The minimum absolute atomic E-state index is 0.0107. The maximum Gasteiger partial charge on any atom is 0.498 e.